The van der Waals surface area contributed by atoms with Crippen LogP contribution >= 0.6 is 0 Å². The van der Waals surface area contributed by atoms with Gasteiger partial charge in [0, 0.05) is 32.3 Å². The first-order chi connectivity index (χ1) is 6.77. The van der Waals surface area contributed by atoms with Crippen LogP contribution in [0.25, 0.3) is 0 Å². The van der Waals surface area contributed by atoms with Gasteiger partial charge < -0.3 is 20.1 Å². The molecule has 0 bridgehead atoms. The van der Waals surface area contributed by atoms with Gasteiger partial charge in [-0.3, -0.25) is 0 Å². The first kappa shape index (κ1) is 11.3. The van der Waals surface area contributed by atoms with Crippen LogP contribution in [0.4, 0.5) is 4.79 Å². The average Bonchev–Trinajstić information content (AvgIpc) is 2.25. The SMILES string of the molecule is COC(=O)N1CCNC(CCCO)C1. The number of aliphatic hydroxyl groups excluding tert-OH is 1. The highest BCUT2D eigenvalue weighted by molar-refractivity contribution is 5.67. The summed E-state index contributed by atoms with van der Waals surface area (Å²) in [6, 6.07) is 0.287. The molecule has 1 fully saturated rings. The summed E-state index contributed by atoms with van der Waals surface area (Å²) in [5, 5.41) is 12.0. The second kappa shape index (κ2) is 5.82. The number of piperazine rings is 1. The van der Waals surface area contributed by atoms with Crippen LogP contribution in [0.15, 0.2) is 0 Å². The predicted molar refractivity (Wildman–Crippen MR) is 52.1 cm³/mol. The van der Waals surface area contributed by atoms with Crippen LogP contribution in [-0.2, 0) is 4.74 Å². The fourth-order valence-corrected chi connectivity index (χ4v) is 1.65. The van der Waals surface area contributed by atoms with E-state index in [-0.39, 0.29) is 18.7 Å². The predicted octanol–water partition coefficient (Wildman–Crippen LogP) is -0.201. The normalized spacial score (nSPS) is 22.1. The summed E-state index contributed by atoms with van der Waals surface area (Å²) in [6.45, 7) is 2.37. The number of methoxy groups -OCH3 is 1. The summed E-state index contributed by atoms with van der Waals surface area (Å²) in [4.78, 5) is 12.9. The van der Waals surface area contributed by atoms with Crippen LogP contribution in [0.2, 0.25) is 0 Å². The van der Waals surface area contributed by atoms with E-state index >= 15 is 0 Å². The van der Waals surface area contributed by atoms with Gasteiger partial charge in [0.05, 0.1) is 7.11 Å². The van der Waals surface area contributed by atoms with Gasteiger partial charge in [-0.2, -0.15) is 0 Å². The van der Waals surface area contributed by atoms with E-state index in [1.54, 1.807) is 4.90 Å². The third kappa shape index (κ3) is 3.16. The quantitative estimate of drug-likeness (QED) is 0.665. The van der Waals surface area contributed by atoms with Crippen LogP contribution < -0.4 is 5.32 Å². The fraction of sp³-hybridized carbons (Fsp3) is 0.889. The maximum atomic E-state index is 11.2. The zero-order chi connectivity index (χ0) is 10.4. The van der Waals surface area contributed by atoms with Gasteiger partial charge in [0.15, 0.2) is 0 Å². The highest BCUT2D eigenvalue weighted by Crippen LogP contribution is 2.05. The molecule has 5 nitrogen and oxygen atoms in total. The molecule has 0 radical (unpaired) electrons. The minimum atomic E-state index is -0.263. The number of rotatable bonds is 3. The molecule has 1 atom stereocenters. The minimum absolute atomic E-state index is 0.205. The van der Waals surface area contributed by atoms with Gasteiger partial charge in [-0.15, -0.1) is 0 Å². The van der Waals surface area contributed by atoms with Crippen molar-refractivity contribution in [2.75, 3.05) is 33.4 Å². The number of carbonyl (C=O) groups excluding carboxylic acids is 1. The molecule has 1 rings (SSSR count). The molecule has 0 saturated carbocycles. The van der Waals surface area contributed by atoms with Crippen LogP contribution in [-0.4, -0.2) is 55.5 Å². The maximum absolute atomic E-state index is 11.2. The highest BCUT2D eigenvalue weighted by atomic mass is 16.5. The van der Waals surface area contributed by atoms with Crippen LogP contribution in [0.3, 0.4) is 0 Å². The number of amides is 1. The lowest BCUT2D eigenvalue weighted by atomic mass is 10.1. The lowest BCUT2D eigenvalue weighted by Crippen LogP contribution is -2.52. The standard InChI is InChI=1S/C9H18N2O3/c1-14-9(13)11-5-4-10-8(7-11)3-2-6-12/h8,10,12H,2-7H2,1H3. The Morgan fingerprint density at radius 3 is 3.14 bits per heavy atom. The topological polar surface area (TPSA) is 61.8 Å². The molecule has 14 heavy (non-hydrogen) atoms. The number of ether oxygens (including phenoxy) is 1. The summed E-state index contributed by atoms with van der Waals surface area (Å²) in [5.74, 6) is 0. The zero-order valence-electron chi connectivity index (χ0n) is 8.53. The first-order valence-corrected chi connectivity index (χ1v) is 4.95. The molecule has 0 aliphatic carbocycles. The molecule has 0 aromatic rings. The van der Waals surface area contributed by atoms with E-state index in [9.17, 15) is 4.79 Å². The van der Waals surface area contributed by atoms with Crippen molar-refractivity contribution in [3.8, 4) is 0 Å². The molecule has 1 saturated heterocycles. The van der Waals surface area contributed by atoms with Gasteiger partial charge in [-0.25, -0.2) is 4.79 Å². The Balaban J connectivity index is 2.31. The Bertz CT molecular complexity index is 187. The summed E-state index contributed by atoms with van der Waals surface area (Å²) < 4.78 is 4.65. The summed E-state index contributed by atoms with van der Waals surface area (Å²) in [6.07, 6.45) is 1.40. The van der Waals surface area contributed by atoms with Crippen molar-refractivity contribution in [2.24, 2.45) is 0 Å². The third-order valence-corrected chi connectivity index (χ3v) is 2.40. The molecule has 0 aromatic heterocycles. The number of hydrogen-bond acceptors (Lipinski definition) is 4. The van der Waals surface area contributed by atoms with Crippen molar-refractivity contribution < 1.29 is 14.6 Å². The molecule has 1 unspecified atom stereocenters. The second-order valence-corrected chi connectivity index (χ2v) is 3.43. The van der Waals surface area contributed by atoms with E-state index in [0.29, 0.717) is 13.1 Å². The maximum Gasteiger partial charge on any atom is 0.409 e. The third-order valence-electron chi connectivity index (χ3n) is 2.40. The molecule has 1 amide bonds. The largest absolute Gasteiger partial charge is 0.453 e. The number of hydrogen-bond donors (Lipinski definition) is 2. The zero-order valence-corrected chi connectivity index (χ0v) is 8.53. The van der Waals surface area contributed by atoms with E-state index in [1.807, 2.05) is 0 Å². The van der Waals surface area contributed by atoms with Gasteiger partial charge in [-0.1, -0.05) is 0 Å². The number of nitrogens with one attached hydrogen (secondary N) is 1. The molecule has 1 aliphatic heterocycles. The van der Waals surface area contributed by atoms with E-state index in [0.717, 1.165) is 19.4 Å². The lowest BCUT2D eigenvalue weighted by Gasteiger charge is -2.32. The van der Waals surface area contributed by atoms with Crippen molar-refractivity contribution >= 4 is 6.09 Å². The molecular formula is C9H18N2O3. The van der Waals surface area contributed by atoms with E-state index in [2.05, 4.69) is 10.1 Å². The lowest BCUT2D eigenvalue weighted by molar-refractivity contribution is 0.107. The van der Waals surface area contributed by atoms with Gasteiger partial charge in [0.2, 0.25) is 0 Å². The molecule has 82 valence electrons. The summed E-state index contributed by atoms with van der Waals surface area (Å²) in [5.41, 5.74) is 0. The van der Waals surface area contributed by atoms with Crippen LogP contribution in [0, 0.1) is 0 Å². The Labute approximate surface area is 84.0 Å². The molecule has 0 spiro atoms. The average molecular weight is 202 g/mol. The Morgan fingerprint density at radius 2 is 2.50 bits per heavy atom. The molecule has 0 aromatic carbocycles. The van der Waals surface area contributed by atoms with Crippen molar-refractivity contribution in [1.29, 1.82) is 0 Å². The van der Waals surface area contributed by atoms with E-state index < -0.39 is 0 Å². The molecule has 1 heterocycles. The molecule has 5 heteroatoms. The number of nitrogens with zero attached hydrogens (tertiary/aromatic N) is 1. The fourth-order valence-electron chi connectivity index (χ4n) is 1.65. The van der Waals surface area contributed by atoms with Gasteiger partial charge in [0.1, 0.15) is 0 Å². The highest BCUT2D eigenvalue weighted by Gasteiger charge is 2.22. The van der Waals surface area contributed by atoms with E-state index in [1.165, 1.54) is 7.11 Å². The molecule has 2 N–H and O–H groups in total. The minimum Gasteiger partial charge on any atom is -0.453 e. The summed E-state index contributed by atoms with van der Waals surface area (Å²) in [7, 11) is 1.40. The van der Waals surface area contributed by atoms with Crippen LogP contribution in [0.1, 0.15) is 12.8 Å². The van der Waals surface area contributed by atoms with Crippen molar-refractivity contribution in [1.82, 2.24) is 10.2 Å². The van der Waals surface area contributed by atoms with E-state index in [4.69, 9.17) is 5.11 Å². The van der Waals surface area contributed by atoms with Gasteiger partial charge >= 0.3 is 6.09 Å². The Hall–Kier alpha value is -0.810. The Kier molecular flexibility index (Phi) is 4.69. The van der Waals surface area contributed by atoms with Crippen molar-refractivity contribution in [3.63, 3.8) is 0 Å². The van der Waals surface area contributed by atoms with Crippen LogP contribution in [0.5, 0.6) is 0 Å². The number of carbonyl (C=O) groups is 1. The monoisotopic (exact) mass is 202 g/mol. The van der Waals surface area contributed by atoms with Crippen molar-refractivity contribution in [3.05, 3.63) is 0 Å². The van der Waals surface area contributed by atoms with Gasteiger partial charge in [0.25, 0.3) is 0 Å². The second-order valence-electron chi connectivity index (χ2n) is 3.43. The first-order valence-electron chi connectivity index (χ1n) is 4.95. The molecule has 1 aliphatic rings. The van der Waals surface area contributed by atoms with Gasteiger partial charge in [-0.05, 0) is 12.8 Å². The molecular weight excluding hydrogens is 184 g/mol. The number of aliphatic hydroxyl groups is 1. The Morgan fingerprint density at radius 1 is 1.71 bits per heavy atom. The van der Waals surface area contributed by atoms with Crippen molar-refractivity contribution in [2.45, 2.75) is 18.9 Å². The smallest absolute Gasteiger partial charge is 0.409 e. The summed E-state index contributed by atoms with van der Waals surface area (Å²) >= 11 is 0.